The highest BCUT2D eigenvalue weighted by molar-refractivity contribution is 7.87. The second kappa shape index (κ2) is 22.5. The van der Waals surface area contributed by atoms with Crippen molar-refractivity contribution in [3.63, 3.8) is 0 Å². The zero-order chi connectivity index (χ0) is 44.6. The molecule has 0 saturated heterocycles. The maximum Gasteiger partial charge on any atom is 0.367 e. The van der Waals surface area contributed by atoms with Crippen molar-refractivity contribution in [1.82, 2.24) is 0 Å². The van der Waals surface area contributed by atoms with Crippen LogP contribution in [0.1, 0.15) is 61.3 Å². The van der Waals surface area contributed by atoms with E-state index in [0.29, 0.717) is 0 Å². The summed E-state index contributed by atoms with van der Waals surface area (Å²) in [5, 5.41) is -9.50. The minimum absolute atomic E-state index is 0.0194. The monoisotopic (exact) mass is 854 g/mol. The van der Waals surface area contributed by atoms with Gasteiger partial charge in [-0.15, -0.1) is 0 Å². The Kier molecular flexibility index (Phi) is 22.6. The second-order valence-electron chi connectivity index (χ2n) is 12.0. The Morgan fingerprint density at radius 3 is 1.38 bits per heavy atom. The lowest BCUT2D eigenvalue weighted by atomic mass is 10.0. The molecule has 0 spiro atoms. The van der Waals surface area contributed by atoms with Crippen molar-refractivity contribution in [2.75, 3.05) is 26.4 Å². The Balaban J connectivity index is -0.000000752. The molecule has 0 rings (SSSR count). The summed E-state index contributed by atoms with van der Waals surface area (Å²) in [6.07, 6.45) is -2.38. The number of hydrogen-bond donors (Lipinski definition) is 0. The van der Waals surface area contributed by atoms with Crippen LogP contribution in [0.3, 0.4) is 0 Å². The van der Waals surface area contributed by atoms with Crippen LogP contribution < -0.4 is 0 Å². The van der Waals surface area contributed by atoms with E-state index < -0.39 is 111 Å². The molecule has 16 nitrogen and oxygen atoms in total. The van der Waals surface area contributed by atoms with Gasteiger partial charge in [0, 0.05) is 23.1 Å². The third kappa shape index (κ3) is 22.8. The zero-order valence-corrected chi connectivity index (χ0v) is 32.1. The lowest BCUT2D eigenvalue weighted by molar-refractivity contribution is -0.170. The van der Waals surface area contributed by atoms with E-state index >= 15 is 0 Å². The van der Waals surface area contributed by atoms with Gasteiger partial charge >= 0.3 is 40.4 Å². The summed E-state index contributed by atoms with van der Waals surface area (Å²) in [5.41, 5.74) is -2.55. The van der Waals surface area contributed by atoms with Gasteiger partial charge in [0.25, 0.3) is 5.92 Å². The lowest BCUT2D eigenvalue weighted by Gasteiger charge is -2.26. The SMILES string of the molecule is C=C(C)C(=O)OC(CC(C)C)C(=O)OCC(F)(F)S(=O)(=O)[O-].C=C(C)C(=O)OCC(=O)OCC(F)(F)S(=O)(=O)[O-].C=C(C)C(=O)OCCC(F)(F)C(C)(C)F. The number of rotatable bonds is 19. The molecule has 55 heavy (non-hydrogen) atoms. The predicted octanol–water partition coefficient (Wildman–Crippen LogP) is 3.87. The van der Waals surface area contributed by atoms with Crippen LogP contribution in [0.25, 0.3) is 0 Å². The number of alkyl halides is 7. The van der Waals surface area contributed by atoms with Gasteiger partial charge in [0.1, 0.15) is 0 Å². The highest BCUT2D eigenvalue weighted by Crippen LogP contribution is 2.34. The Morgan fingerprint density at radius 1 is 0.655 bits per heavy atom. The minimum Gasteiger partial charge on any atom is -0.743 e. The van der Waals surface area contributed by atoms with Crippen molar-refractivity contribution in [3.05, 3.63) is 36.5 Å². The average molecular weight is 855 g/mol. The van der Waals surface area contributed by atoms with Crippen molar-refractivity contribution >= 4 is 50.1 Å². The van der Waals surface area contributed by atoms with Crippen molar-refractivity contribution in [3.8, 4) is 0 Å². The molecule has 1 atom stereocenters. The molecule has 0 aliphatic carbocycles. The Bertz CT molecular complexity index is 1620. The van der Waals surface area contributed by atoms with Crippen molar-refractivity contribution < 1.29 is 104 Å². The van der Waals surface area contributed by atoms with Gasteiger partial charge in [-0.1, -0.05) is 33.6 Å². The van der Waals surface area contributed by atoms with Crippen molar-refractivity contribution in [1.29, 1.82) is 0 Å². The number of carbonyl (C=O) groups excluding carboxylic acids is 5. The van der Waals surface area contributed by atoms with Gasteiger partial charge in [-0.05, 0) is 47.0 Å². The van der Waals surface area contributed by atoms with Gasteiger partial charge in [-0.3, -0.25) is 0 Å². The molecule has 25 heteroatoms. The lowest BCUT2D eigenvalue weighted by Crippen LogP contribution is -2.39. The quantitative estimate of drug-likeness (QED) is 0.0588. The topological polar surface area (TPSA) is 246 Å². The smallest absolute Gasteiger partial charge is 0.367 e. The van der Waals surface area contributed by atoms with E-state index in [2.05, 4.69) is 38.7 Å². The van der Waals surface area contributed by atoms with Crippen LogP contribution in [0, 0.1) is 5.92 Å². The van der Waals surface area contributed by atoms with Crippen LogP contribution in [-0.4, -0.2) is 110 Å². The van der Waals surface area contributed by atoms with E-state index in [-0.39, 0.29) is 29.1 Å². The molecule has 0 N–H and O–H groups in total. The van der Waals surface area contributed by atoms with Crippen LogP contribution in [0.15, 0.2) is 36.5 Å². The van der Waals surface area contributed by atoms with Crippen LogP contribution in [0.2, 0.25) is 0 Å². The minimum atomic E-state index is -5.97. The number of halogens is 7. The van der Waals surface area contributed by atoms with Gasteiger partial charge in [0.15, 0.2) is 51.8 Å². The first kappa shape index (κ1) is 55.2. The molecule has 0 heterocycles. The second-order valence-corrected chi connectivity index (χ2v) is 15.0. The molecule has 0 aliphatic heterocycles. The normalized spacial score (nSPS) is 12.7. The molecule has 0 saturated carbocycles. The third-order valence-electron chi connectivity index (χ3n) is 5.60. The van der Waals surface area contributed by atoms with Gasteiger partial charge in [-0.25, -0.2) is 54.0 Å². The maximum atomic E-state index is 13.0. The van der Waals surface area contributed by atoms with Gasteiger partial charge < -0.3 is 32.8 Å². The number of carbonyl (C=O) groups is 5. The maximum absolute atomic E-state index is 13.0. The summed E-state index contributed by atoms with van der Waals surface area (Å²) in [5.74, 6) is -9.08. The highest BCUT2D eigenvalue weighted by atomic mass is 32.2. The Morgan fingerprint density at radius 2 is 1.04 bits per heavy atom. The molecule has 0 radical (unpaired) electrons. The zero-order valence-electron chi connectivity index (χ0n) is 30.5. The van der Waals surface area contributed by atoms with E-state index in [1.54, 1.807) is 13.8 Å². The molecular weight excluding hydrogens is 813 g/mol. The van der Waals surface area contributed by atoms with Crippen LogP contribution in [0.5, 0.6) is 0 Å². The van der Waals surface area contributed by atoms with Gasteiger partial charge in [0.2, 0.25) is 0 Å². The van der Waals surface area contributed by atoms with Crippen LogP contribution in [0.4, 0.5) is 30.7 Å². The molecule has 0 aliphatic rings. The van der Waals surface area contributed by atoms with Crippen LogP contribution >= 0.6 is 0 Å². The molecule has 0 aromatic carbocycles. The third-order valence-corrected chi connectivity index (χ3v) is 7.30. The van der Waals surface area contributed by atoms with E-state index in [0.717, 1.165) is 13.8 Å². The summed E-state index contributed by atoms with van der Waals surface area (Å²) >= 11 is 0. The summed E-state index contributed by atoms with van der Waals surface area (Å²) < 4.78 is 172. The number of esters is 5. The summed E-state index contributed by atoms with van der Waals surface area (Å²) in [7, 11) is -11.9. The molecule has 320 valence electrons. The fraction of sp³-hybridized carbons (Fsp3) is 0.633. The molecule has 0 amide bonds. The van der Waals surface area contributed by atoms with E-state index in [1.807, 2.05) is 0 Å². The summed E-state index contributed by atoms with van der Waals surface area (Å²) in [6, 6.07) is 0. The fourth-order valence-electron chi connectivity index (χ4n) is 2.39. The first-order valence-electron chi connectivity index (χ1n) is 14.9. The number of ether oxygens (including phenoxy) is 5. The highest BCUT2D eigenvalue weighted by Gasteiger charge is 2.47. The molecule has 0 aromatic rings. The summed E-state index contributed by atoms with van der Waals surface area (Å²) in [4.78, 5) is 55.4. The first-order valence-corrected chi connectivity index (χ1v) is 17.7. The van der Waals surface area contributed by atoms with E-state index in [1.165, 1.54) is 20.8 Å². The van der Waals surface area contributed by atoms with Crippen molar-refractivity contribution in [2.24, 2.45) is 5.92 Å². The van der Waals surface area contributed by atoms with E-state index in [4.69, 9.17) is 4.74 Å². The van der Waals surface area contributed by atoms with Crippen molar-refractivity contribution in [2.45, 2.75) is 89.5 Å². The Hall–Kier alpha value is -4.10. The average Bonchev–Trinajstić information content (AvgIpc) is 2.99. The molecule has 0 bridgehead atoms. The largest absolute Gasteiger partial charge is 0.743 e. The molecule has 0 aromatic heterocycles. The molecular formula is C30H41F7O16S2-2. The van der Waals surface area contributed by atoms with Gasteiger partial charge in [-0.2, -0.15) is 17.6 Å². The first-order chi connectivity index (χ1) is 24.3. The van der Waals surface area contributed by atoms with Gasteiger partial charge in [0.05, 0.1) is 6.61 Å². The number of hydrogen-bond acceptors (Lipinski definition) is 16. The Labute approximate surface area is 312 Å². The standard InChI is InChI=1S/C12H18F2O7S.C10H15F3O2.C8H10F2O7S/c1-7(2)5-9(21-10(15)8(3)4)11(16)20-6-12(13,14)22(17,18)19;1-7(2)8(14)15-6-5-10(12,13)9(3,4)11;1-5(2)7(12)16-3-6(11)17-4-8(9,10)18(13,14)15/h7,9H,3,5-6H2,1-2,4H3,(H,17,18,19);1,5-6H2,2-4H3;1,3-4H2,2H3,(H,13,14,15)/p-2. The fourth-order valence-corrected chi connectivity index (χ4v) is 2.80. The molecule has 1 unspecified atom stereocenters. The van der Waals surface area contributed by atoms with E-state index in [9.17, 15) is 80.6 Å². The predicted molar refractivity (Wildman–Crippen MR) is 172 cm³/mol. The molecule has 0 fully saturated rings. The summed E-state index contributed by atoms with van der Waals surface area (Å²) in [6.45, 7) is 13.3. The van der Waals surface area contributed by atoms with Crippen LogP contribution in [-0.2, 0) is 67.9 Å².